The fraction of sp³-hybridized carbons (Fsp3) is 0.429. The molecular formula is C14H19N3O3. The van der Waals surface area contributed by atoms with E-state index in [0.29, 0.717) is 23.2 Å². The maximum atomic E-state index is 5.96. The molecule has 6 nitrogen and oxygen atoms in total. The van der Waals surface area contributed by atoms with Crippen LogP contribution in [0.25, 0.3) is 11.4 Å². The molecule has 0 aliphatic rings. The van der Waals surface area contributed by atoms with Gasteiger partial charge in [-0.1, -0.05) is 18.5 Å². The monoisotopic (exact) mass is 277 g/mol. The zero-order valence-corrected chi connectivity index (χ0v) is 11.9. The first-order chi connectivity index (χ1) is 9.67. The normalized spacial score (nSPS) is 12.2. The summed E-state index contributed by atoms with van der Waals surface area (Å²) in [7, 11) is 3.19. The van der Waals surface area contributed by atoms with Gasteiger partial charge in [0.15, 0.2) is 0 Å². The highest BCUT2D eigenvalue weighted by molar-refractivity contribution is 5.60. The minimum atomic E-state index is -0.228. The highest BCUT2D eigenvalue weighted by atomic mass is 16.5. The van der Waals surface area contributed by atoms with Crippen molar-refractivity contribution in [2.45, 2.75) is 25.8 Å². The average molecular weight is 277 g/mol. The fourth-order valence-corrected chi connectivity index (χ4v) is 1.87. The van der Waals surface area contributed by atoms with Crippen LogP contribution in [-0.4, -0.2) is 24.4 Å². The maximum Gasteiger partial charge on any atom is 0.243 e. The van der Waals surface area contributed by atoms with Gasteiger partial charge in [0.05, 0.1) is 20.3 Å². The second kappa shape index (κ2) is 6.38. The van der Waals surface area contributed by atoms with Gasteiger partial charge in [-0.3, -0.25) is 0 Å². The summed E-state index contributed by atoms with van der Waals surface area (Å²) in [5.41, 5.74) is 6.73. The standard InChI is InChI=1S/C14H19N3O3/c1-4-5-12(15)14-16-13(17-20-14)9-6-10(18-2)8-11(7-9)19-3/h6-8,12H,4-5,15H2,1-3H3/t12-/m0/s1. The minimum absolute atomic E-state index is 0.228. The van der Waals surface area contributed by atoms with E-state index in [-0.39, 0.29) is 6.04 Å². The first-order valence-electron chi connectivity index (χ1n) is 6.50. The van der Waals surface area contributed by atoms with Gasteiger partial charge in [-0.25, -0.2) is 0 Å². The summed E-state index contributed by atoms with van der Waals surface area (Å²) in [5.74, 6) is 2.26. The molecule has 20 heavy (non-hydrogen) atoms. The summed E-state index contributed by atoms with van der Waals surface area (Å²) in [6.45, 7) is 2.06. The quantitative estimate of drug-likeness (QED) is 0.873. The van der Waals surface area contributed by atoms with Gasteiger partial charge in [-0.2, -0.15) is 4.98 Å². The molecular weight excluding hydrogens is 258 g/mol. The third-order valence-electron chi connectivity index (χ3n) is 2.97. The van der Waals surface area contributed by atoms with Crippen LogP contribution in [0.15, 0.2) is 22.7 Å². The number of nitrogens with two attached hydrogens (primary N) is 1. The van der Waals surface area contributed by atoms with Gasteiger partial charge in [-0.05, 0) is 18.6 Å². The summed E-state index contributed by atoms with van der Waals surface area (Å²) < 4.78 is 15.7. The van der Waals surface area contributed by atoms with Crippen LogP contribution >= 0.6 is 0 Å². The zero-order chi connectivity index (χ0) is 14.5. The van der Waals surface area contributed by atoms with Crippen LogP contribution in [0, 0.1) is 0 Å². The van der Waals surface area contributed by atoms with E-state index in [9.17, 15) is 0 Å². The minimum Gasteiger partial charge on any atom is -0.497 e. The lowest BCUT2D eigenvalue weighted by molar-refractivity contribution is 0.348. The molecule has 108 valence electrons. The van der Waals surface area contributed by atoms with Crippen molar-refractivity contribution in [3.05, 3.63) is 24.1 Å². The summed E-state index contributed by atoms with van der Waals surface area (Å²) >= 11 is 0. The SMILES string of the molecule is CCC[C@H](N)c1nc(-c2cc(OC)cc(OC)c2)no1. The number of benzene rings is 1. The lowest BCUT2D eigenvalue weighted by Gasteiger charge is -2.06. The van der Waals surface area contributed by atoms with Gasteiger partial charge in [-0.15, -0.1) is 0 Å². The maximum absolute atomic E-state index is 5.96. The van der Waals surface area contributed by atoms with Crippen LogP contribution in [0.4, 0.5) is 0 Å². The first kappa shape index (κ1) is 14.3. The van der Waals surface area contributed by atoms with E-state index in [1.54, 1.807) is 20.3 Å². The van der Waals surface area contributed by atoms with Crippen molar-refractivity contribution in [2.24, 2.45) is 5.73 Å². The molecule has 0 aliphatic heterocycles. The number of methoxy groups -OCH3 is 2. The molecule has 2 aromatic rings. The van der Waals surface area contributed by atoms with Crippen molar-refractivity contribution >= 4 is 0 Å². The van der Waals surface area contributed by atoms with E-state index in [1.165, 1.54) is 0 Å². The molecule has 0 saturated carbocycles. The van der Waals surface area contributed by atoms with Crippen molar-refractivity contribution in [1.82, 2.24) is 10.1 Å². The molecule has 0 saturated heterocycles. The number of ether oxygens (including phenoxy) is 2. The van der Waals surface area contributed by atoms with Gasteiger partial charge in [0.25, 0.3) is 0 Å². The highest BCUT2D eigenvalue weighted by Crippen LogP contribution is 2.28. The summed E-state index contributed by atoms with van der Waals surface area (Å²) in [4.78, 5) is 4.34. The van der Waals surface area contributed by atoms with Crippen LogP contribution in [-0.2, 0) is 0 Å². The van der Waals surface area contributed by atoms with Gasteiger partial charge >= 0.3 is 0 Å². The second-order valence-electron chi connectivity index (χ2n) is 4.45. The summed E-state index contributed by atoms with van der Waals surface area (Å²) in [6.07, 6.45) is 1.77. The topological polar surface area (TPSA) is 83.4 Å². The summed E-state index contributed by atoms with van der Waals surface area (Å²) in [5, 5.41) is 3.96. The number of nitrogens with zero attached hydrogens (tertiary/aromatic N) is 2. The molecule has 1 aromatic carbocycles. The number of hydrogen-bond donors (Lipinski definition) is 1. The average Bonchev–Trinajstić information content (AvgIpc) is 2.97. The van der Waals surface area contributed by atoms with E-state index < -0.39 is 0 Å². The fourth-order valence-electron chi connectivity index (χ4n) is 1.87. The molecule has 6 heteroatoms. The molecule has 2 rings (SSSR count). The molecule has 1 heterocycles. The largest absolute Gasteiger partial charge is 0.497 e. The van der Waals surface area contributed by atoms with Crippen LogP contribution in [0.2, 0.25) is 0 Å². The number of hydrogen-bond acceptors (Lipinski definition) is 6. The van der Waals surface area contributed by atoms with E-state index >= 15 is 0 Å². The van der Waals surface area contributed by atoms with E-state index in [0.717, 1.165) is 18.4 Å². The van der Waals surface area contributed by atoms with E-state index in [1.807, 2.05) is 12.1 Å². The molecule has 0 amide bonds. The van der Waals surface area contributed by atoms with Crippen molar-refractivity contribution < 1.29 is 14.0 Å². The smallest absolute Gasteiger partial charge is 0.243 e. The Morgan fingerprint density at radius 1 is 1.20 bits per heavy atom. The van der Waals surface area contributed by atoms with Gasteiger partial charge < -0.3 is 19.7 Å². The second-order valence-corrected chi connectivity index (χ2v) is 4.45. The lowest BCUT2D eigenvalue weighted by Crippen LogP contribution is -2.09. The number of rotatable bonds is 6. The lowest BCUT2D eigenvalue weighted by atomic mass is 10.1. The Bertz CT molecular complexity index is 546. The van der Waals surface area contributed by atoms with Crippen molar-refractivity contribution in [1.29, 1.82) is 0 Å². The van der Waals surface area contributed by atoms with Crippen LogP contribution in [0.3, 0.4) is 0 Å². The van der Waals surface area contributed by atoms with Crippen LogP contribution in [0.5, 0.6) is 11.5 Å². The summed E-state index contributed by atoms with van der Waals surface area (Å²) in [6, 6.07) is 5.20. The Hall–Kier alpha value is -2.08. The Morgan fingerprint density at radius 3 is 2.40 bits per heavy atom. The first-order valence-corrected chi connectivity index (χ1v) is 6.50. The number of aromatic nitrogens is 2. The Kier molecular flexibility index (Phi) is 4.57. The van der Waals surface area contributed by atoms with Crippen LogP contribution in [0.1, 0.15) is 31.7 Å². The van der Waals surface area contributed by atoms with E-state index in [2.05, 4.69) is 17.1 Å². The van der Waals surface area contributed by atoms with Crippen LogP contribution < -0.4 is 15.2 Å². The van der Waals surface area contributed by atoms with Crippen molar-refractivity contribution in [3.8, 4) is 22.9 Å². The molecule has 0 fully saturated rings. The molecule has 0 spiro atoms. The van der Waals surface area contributed by atoms with Gasteiger partial charge in [0.2, 0.25) is 11.7 Å². The molecule has 2 N–H and O–H groups in total. The van der Waals surface area contributed by atoms with Gasteiger partial charge in [0, 0.05) is 11.6 Å². The van der Waals surface area contributed by atoms with Crippen molar-refractivity contribution in [2.75, 3.05) is 14.2 Å². The third-order valence-corrected chi connectivity index (χ3v) is 2.97. The Morgan fingerprint density at radius 2 is 1.85 bits per heavy atom. The predicted octanol–water partition coefficient (Wildman–Crippen LogP) is 2.55. The molecule has 0 unspecified atom stereocenters. The zero-order valence-electron chi connectivity index (χ0n) is 11.9. The predicted molar refractivity (Wildman–Crippen MR) is 74.7 cm³/mol. The Labute approximate surface area is 117 Å². The molecule has 1 aromatic heterocycles. The van der Waals surface area contributed by atoms with Gasteiger partial charge in [0.1, 0.15) is 11.5 Å². The third kappa shape index (κ3) is 3.08. The molecule has 1 atom stereocenters. The Balaban J connectivity index is 2.31. The van der Waals surface area contributed by atoms with Crippen molar-refractivity contribution in [3.63, 3.8) is 0 Å². The van der Waals surface area contributed by atoms with E-state index in [4.69, 9.17) is 19.7 Å². The molecule has 0 bridgehead atoms. The molecule has 0 radical (unpaired) electrons. The molecule has 0 aliphatic carbocycles. The highest BCUT2D eigenvalue weighted by Gasteiger charge is 2.16.